The SMILES string of the molecule is CCC(C)(OC)c1noc(C(N)Cc2cnc[nH]2)n1. The molecule has 104 valence electrons. The summed E-state index contributed by atoms with van der Waals surface area (Å²) < 4.78 is 10.7. The van der Waals surface area contributed by atoms with Gasteiger partial charge in [-0.2, -0.15) is 4.98 Å². The highest BCUT2D eigenvalue weighted by Crippen LogP contribution is 2.26. The van der Waals surface area contributed by atoms with Gasteiger partial charge >= 0.3 is 0 Å². The fourth-order valence-electron chi connectivity index (χ4n) is 1.71. The lowest BCUT2D eigenvalue weighted by molar-refractivity contribution is -0.0106. The number of nitrogens with one attached hydrogen (secondary N) is 1. The summed E-state index contributed by atoms with van der Waals surface area (Å²) in [7, 11) is 1.63. The van der Waals surface area contributed by atoms with E-state index < -0.39 is 5.60 Å². The number of rotatable bonds is 6. The van der Waals surface area contributed by atoms with E-state index in [0.29, 0.717) is 18.1 Å². The van der Waals surface area contributed by atoms with E-state index in [1.807, 2.05) is 13.8 Å². The molecule has 7 heteroatoms. The van der Waals surface area contributed by atoms with Gasteiger partial charge < -0.3 is 20.0 Å². The molecule has 0 aliphatic carbocycles. The van der Waals surface area contributed by atoms with Gasteiger partial charge in [0.15, 0.2) is 0 Å². The first-order valence-corrected chi connectivity index (χ1v) is 6.21. The number of methoxy groups -OCH3 is 1. The van der Waals surface area contributed by atoms with Crippen LogP contribution < -0.4 is 5.73 Å². The number of hydrogen-bond donors (Lipinski definition) is 2. The minimum absolute atomic E-state index is 0.361. The Kier molecular flexibility index (Phi) is 3.96. The van der Waals surface area contributed by atoms with E-state index in [1.165, 1.54) is 0 Å². The van der Waals surface area contributed by atoms with E-state index >= 15 is 0 Å². The Balaban J connectivity index is 2.12. The number of nitrogens with zero attached hydrogens (tertiary/aromatic N) is 3. The minimum Gasteiger partial charge on any atom is -0.370 e. The van der Waals surface area contributed by atoms with Crippen LogP contribution in [-0.4, -0.2) is 27.2 Å². The summed E-state index contributed by atoms with van der Waals surface area (Å²) in [4.78, 5) is 11.3. The third-order valence-electron chi connectivity index (χ3n) is 3.35. The normalized spacial score (nSPS) is 16.2. The quantitative estimate of drug-likeness (QED) is 0.816. The molecule has 0 radical (unpaired) electrons. The maximum Gasteiger partial charge on any atom is 0.244 e. The maximum atomic E-state index is 6.04. The van der Waals surface area contributed by atoms with Crippen molar-refractivity contribution >= 4 is 0 Å². The van der Waals surface area contributed by atoms with Crippen LogP contribution in [0, 0.1) is 0 Å². The van der Waals surface area contributed by atoms with E-state index in [1.54, 1.807) is 19.6 Å². The summed E-state index contributed by atoms with van der Waals surface area (Å²) in [6.45, 7) is 3.92. The second kappa shape index (κ2) is 5.50. The fraction of sp³-hybridized carbons (Fsp3) is 0.583. The van der Waals surface area contributed by atoms with Crippen molar-refractivity contribution in [1.29, 1.82) is 0 Å². The molecule has 0 saturated heterocycles. The molecule has 2 heterocycles. The Morgan fingerprint density at radius 1 is 1.58 bits per heavy atom. The molecule has 0 aliphatic rings. The first-order chi connectivity index (χ1) is 9.09. The number of hydrogen-bond acceptors (Lipinski definition) is 6. The predicted molar refractivity (Wildman–Crippen MR) is 68.2 cm³/mol. The lowest BCUT2D eigenvalue weighted by Gasteiger charge is -2.21. The second-order valence-electron chi connectivity index (χ2n) is 4.63. The van der Waals surface area contributed by atoms with Crippen molar-refractivity contribution in [2.24, 2.45) is 5.73 Å². The molecule has 2 aromatic rings. The van der Waals surface area contributed by atoms with Crippen LogP contribution in [0.15, 0.2) is 17.0 Å². The molecule has 0 aromatic carbocycles. The molecule has 19 heavy (non-hydrogen) atoms. The fourth-order valence-corrected chi connectivity index (χ4v) is 1.71. The second-order valence-corrected chi connectivity index (χ2v) is 4.63. The summed E-state index contributed by atoms with van der Waals surface area (Å²) in [6.07, 6.45) is 4.65. The number of nitrogens with two attached hydrogens (primary N) is 1. The van der Waals surface area contributed by atoms with Crippen LogP contribution in [-0.2, 0) is 16.8 Å². The lowest BCUT2D eigenvalue weighted by Crippen LogP contribution is -2.25. The van der Waals surface area contributed by atoms with E-state index in [0.717, 1.165) is 12.1 Å². The standard InChI is InChI=1S/C12H19N5O2/c1-4-12(2,18-3)11-16-10(19-17-11)9(13)5-8-6-14-7-15-8/h6-7,9H,4-5,13H2,1-3H3,(H,14,15). The monoisotopic (exact) mass is 265 g/mol. The molecule has 0 bridgehead atoms. The summed E-state index contributed by atoms with van der Waals surface area (Å²) in [6, 6.07) is -0.361. The van der Waals surface area contributed by atoms with Gasteiger partial charge in [-0.3, -0.25) is 0 Å². The van der Waals surface area contributed by atoms with Gasteiger partial charge in [-0.15, -0.1) is 0 Å². The van der Waals surface area contributed by atoms with Crippen molar-refractivity contribution in [2.75, 3.05) is 7.11 Å². The lowest BCUT2D eigenvalue weighted by atomic mass is 10.0. The van der Waals surface area contributed by atoms with Crippen LogP contribution in [0.25, 0.3) is 0 Å². The van der Waals surface area contributed by atoms with Crippen molar-refractivity contribution in [3.63, 3.8) is 0 Å². The molecule has 2 rings (SSSR count). The van der Waals surface area contributed by atoms with Gasteiger partial charge in [-0.1, -0.05) is 12.1 Å². The maximum absolute atomic E-state index is 6.04. The molecule has 2 aromatic heterocycles. The Labute approximate surface area is 111 Å². The van der Waals surface area contributed by atoms with Crippen LogP contribution in [0.2, 0.25) is 0 Å². The largest absolute Gasteiger partial charge is 0.370 e. The Morgan fingerprint density at radius 2 is 2.37 bits per heavy atom. The van der Waals surface area contributed by atoms with Gasteiger partial charge in [0, 0.05) is 25.4 Å². The average molecular weight is 265 g/mol. The molecule has 0 amide bonds. The van der Waals surface area contributed by atoms with Gasteiger partial charge in [0.1, 0.15) is 5.60 Å². The summed E-state index contributed by atoms with van der Waals surface area (Å²) >= 11 is 0. The van der Waals surface area contributed by atoms with Gasteiger partial charge in [-0.05, 0) is 13.3 Å². The summed E-state index contributed by atoms with van der Waals surface area (Å²) in [5.74, 6) is 0.925. The van der Waals surface area contributed by atoms with Gasteiger partial charge in [0.25, 0.3) is 0 Å². The number of aromatic nitrogens is 4. The van der Waals surface area contributed by atoms with Crippen molar-refractivity contribution in [3.05, 3.63) is 29.9 Å². The van der Waals surface area contributed by atoms with E-state index in [-0.39, 0.29) is 6.04 Å². The zero-order chi connectivity index (χ0) is 13.9. The molecule has 0 fully saturated rings. The van der Waals surface area contributed by atoms with E-state index in [2.05, 4.69) is 20.1 Å². The molecule has 2 atom stereocenters. The van der Waals surface area contributed by atoms with Gasteiger partial charge in [0.05, 0.1) is 12.4 Å². The number of ether oxygens (including phenoxy) is 1. The first-order valence-electron chi connectivity index (χ1n) is 6.21. The van der Waals surface area contributed by atoms with Crippen molar-refractivity contribution in [2.45, 2.75) is 38.3 Å². The summed E-state index contributed by atoms with van der Waals surface area (Å²) in [5.41, 5.74) is 6.42. The smallest absolute Gasteiger partial charge is 0.244 e. The highest BCUT2D eigenvalue weighted by Gasteiger charge is 2.31. The third kappa shape index (κ3) is 2.82. The van der Waals surface area contributed by atoms with E-state index in [9.17, 15) is 0 Å². The van der Waals surface area contributed by atoms with Crippen molar-refractivity contribution in [3.8, 4) is 0 Å². The third-order valence-corrected chi connectivity index (χ3v) is 3.35. The van der Waals surface area contributed by atoms with Crippen LogP contribution in [0.4, 0.5) is 0 Å². The predicted octanol–water partition coefficient (Wildman–Crippen LogP) is 1.31. The molecule has 0 spiro atoms. The Morgan fingerprint density at radius 3 is 2.95 bits per heavy atom. The zero-order valence-electron chi connectivity index (χ0n) is 11.4. The van der Waals surface area contributed by atoms with Crippen LogP contribution in [0.1, 0.15) is 43.7 Å². The highest BCUT2D eigenvalue weighted by atomic mass is 16.5. The number of aromatic amines is 1. The topological polar surface area (TPSA) is 103 Å². The number of imidazole rings is 1. The molecular formula is C12H19N5O2. The summed E-state index contributed by atoms with van der Waals surface area (Å²) in [5, 5.41) is 3.96. The van der Waals surface area contributed by atoms with Crippen molar-refractivity contribution in [1.82, 2.24) is 20.1 Å². The molecule has 0 saturated carbocycles. The average Bonchev–Trinajstić information content (AvgIpc) is 3.08. The molecule has 0 aliphatic heterocycles. The Hall–Kier alpha value is -1.73. The Bertz CT molecular complexity index is 504. The van der Waals surface area contributed by atoms with E-state index in [4.69, 9.17) is 15.0 Å². The van der Waals surface area contributed by atoms with Crippen LogP contribution >= 0.6 is 0 Å². The molecule has 3 N–H and O–H groups in total. The van der Waals surface area contributed by atoms with Crippen LogP contribution in [0.3, 0.4) is 0 Å². The molecular weight excluding hydrogens is 246 g/mol. The van der Waals surface area contributed by atoms with Gasteiger partial charge in [0.2, 0.25) is 11.7 Å². The highest BCUT2D eigenvalue weighted by molar-refractivity contribution is 5.05. The molecule has 7 nitrogen and oxygen atoms in total. The number of H-pyrrole nitrogens is 1. The molecule has 2 unspecified atom stereocenters. The van der Waals surface area contributed by atoms with Gasteiger partial charge in [-0.25, -0.2) is 4.98 Å². The zero-order valence-corrected chi connectivity index (χ0v) is 11.4. The van der Waals surface area contributed by atoms with Crippen LogP contribution in [0.5, 0.6) is 0 Å². The van der Waals surface area contributed by atoms with Crippen molar-refractivity contribution < 1.29 is 9.26 Å². The minimum atomic E-state index is -0.546. The first kappa shape index (κ1) is 13.7.